The van der Waals surface area contributed by atoms with Crippen molar-refractivity contribution in [2.24, 2.45) is 7.05 Å². The van der Waals surface area contributed by atoms with Gasteiger partial charge in [-0.2, -0.15) is 0 Å². The summed E-state index contributed by atoms with van der Waals surface area (Å²) in [5, 5.41) is 0.757. The van der Waals surface area contributed by atoms with Gasteiger partial charge in [-0.25, -0.2) is 4.98 Å². The smallest absolute Gasteiger partial charge is 0.118 e. The Hall–Kier alpha value is -1.36. The molecule has 1 unspecified atom stereocenters. The van der Waals surface area contributed by atoms with Gasteiger partial charge in [0.1, 0.15) is 5.82 Å². The molecule has 2 rings (SSSR count). The number of aryl methyl sites for hydroxylation is 1. The van der Waals surface area contributed by atoms with Gasteiger partial charge in [0.05, 0.1) is 12.5 Å². The van der Waals surface area contributed by atoms with E-state index < -0.39 is 0 Å². The van der Waals surface area contributed by atoms with Gasteiger partial charge < -0.3 is 14.2 Å². The first-order valence-electron chi connectivity index (χ1n) is 7.53. The number of halogens is 1. The number of aromatic nitrogens is 2. The topological polar surface area (TPSA) is 30.3 Å². The average molecular weight is 322 g/mol. The normalized spacial score (nSPS) is 12.8. The lowest BCUT2D eigenvalue weighted by Crippen LogP contribution is -2.18. The molecule has 0 aliphatic carbocycles. The molecule has 5 heteroatoms. The number of hydrogen-bond acceptors (Lipinski definition) is 3. The molecule has 0 aliphatic rings. The third-order valence-corrected chi connectivity index (χ3v) is 3.97. The predicted molar refractivity (Wildman–Crippen MR) is 90.5 cm³/mol. The van der Waals surface area contributed by atoms with Crippen LogP contribution in [0.15, 0.2) is 36.7 Å². The highest BCUT2D eigenvalue weighted by atomic mass is 35.5. The summed E-state index contributed by atoms with van der Waals surface area (Å²) in [6.45, 7) is 2.35. The minimum Gasteiger partial charge on any atom is -0.380 e. The number of ether oxygens (including phenoxy) is 1. The third-order valence-electron chi connectivity index (χ3n) is 3.63. The number of hydrogen-bond donors (Lipinski definition) is 0. The van der Waals surface area contributed by atoms with Crippen LogP contribution in [-0.2, 0) is 11.8 Å². The SMILES string of the molecule is CN(C)CCCOCC(c1ccccc1Cl)c1nccn1C. The lowest BCUT2D eigenvalue weighted by atomic mass is 9.99. The highest BCUT2D eigenvalue weighted by molar-refractivity contribution is 6.31. The maximum Gasteiger partial charge on any atom is 0.118 e. The number of nitrogens with zero attached hydrogens (tertiary/aromatic N) is 3. The number of rotatable bonds is 8. The summed E-state index contributed by atoms with van der Waals surface area (Å²) in [5.41, 5.74) is 1.06. The van der Waals surface area contributed by atoms with Gasteiger partial charge in [0.2, 0.25) is 0 Å². The highest BCUT2D eigenvalue weighted by Gasteiger charge is 2.20. The van der Waals surface area contributed by atoms with Crippen molar-refractivity contribution in [2.45, 2.75) is 12.3 Å². The van der Waals surface area contributed by atoms with E-state index in [2.05, 4.69) is 24.0 Å². The zero-order valence-electron chi connectivity index (χ0n) is 13.5. The van der Waals surface area contributed by atoms with Gasteiger partial charge in [-0.1, -0.05) is 29.8 Å². The van der Waals surface area contributed by atoms with Crippen LogP contribution in [0, 0.1) is 0 Å². The Morgan fingerprint density at radius 1 is 1.32 bits per heavy atom. The van der Waals surface area contributed by atoms with E-state index in [1.165, 1.54) is 0 Å². The zero-order valence-corrected chi connectivity index (χ0v) is 14.3. The molecule has 1 aromatic carbocycles. The van der Waals surface area contributed by atoms with Gasteiger partial charge in [0.15, 0.2) is 0 Å². The van der Waals surface area contributed by atoms with E-state index in [4.69, 9.17) is 16.3 Å². The van der Waals surface area contributed by atoms with E-state index in [1.54, 1.807) is 0 Å². The molecular formula is C17H24ClN3O. The Kier molecular flexibility index (Phi) is 6.43. The summed E-state index contributed by atoms with van der Waals surface area (Å²) in [6.07, 6.45) is 4.78. The molecule has 0 radical (unpaired) electrons. The molecule has 1 heterocycles. The van der Waals surface area contributed by atoms with E-state index in [9.17, 15) is 0 Å². The summed E-state index contributed by atoms with van der Waals surface area (Å²) in [6, 6.07) is 7.91. The Bertz CT molecular complexity index is 583. The molecule has 0 fully saturated rings. The third kappa shape index (κ3) is 4.57. The van der Waals surface area contributed by atoms with E-state index in [0.717, 1.165) is 36.0 Å². The van der Waals surface area contributed by atoms with E-state index in [0.29, 0.717) is 6.61 Å². The molecule has 1 aromatic heterocycles. The van der Waals surface area contributed by atoms with Crippen LogP contribution >= 0.6 is 11.6 Å². The second kappa shape index (κ2) is 8.32. The maximum absolute atomic E-state index is 6.37. The van der Waals surface area contributed by atoms with Gasteiger partial charge in [-0.15, -0.1) is 0 Å². The summed E-state index contributed by atoms with van der Waals surface area (Å²) >= 11 is 6.37. The molecule has 0 amide bonds. The van der Waals surface area contributed by atoms with Crippen molar-refractivity contribution in [1.82, 2.24) is 14.5 Å². The van der Waals surface area contributed by atoms with Gasteiger partial charge in [0, 0.05) is 31.1 Å². The first-order chi connectivity index (χ1) is 10.6. The first-order valence-corrected chi connectivity index (χ1v) is 7.91. The van der Waals surface area contributed by atoms with Gasteiger partial charge >= 0.3 is 0 Å². The van der Waals surface area contributed by atoms with Gasteiger partial charge in [-0.05, 0) is 38.7 Å². The van der Waals surface area contributed by atoms with Crippen molar-refractivity contribution in [3.05, 3.63) is 53.1 Å². The fraction of sp³-hybridized carbons (Fsp3) is 0.471. The van der Waals surface area contributed by atoms with Crippen molar-refractivity contribution in [1.29, 1.82) is 0 Å². The van der Waals surface area contributed by atoms with E-state index in [-0.39, 0.29) is 5.92 Å². The molecule has 1 atom stereocenters. The average Bonchev–Trinajstić information content (AvgIpc) is 2.90. The van der Waals surface area contributed by atoms with Crippen molar-refractivity contribution < 1.29 is 4.74 Å². The summed E-state index contributed by atoms with van der Waals surface area (Å²) in [4.78, 5) is 6.64. The quantitative estimate of drug-likeness (QED) is 0.700. The Morgan fingerprint density at radius 3 is 2.73 bits per heavy atom. The Labute approximate surface area is 137 Å². The van der Waals surface area contributed by atoms with Crippen LogP contribution in [-0.4, -0.2) is 48.3 Å². The monoisotopic (exact) mass is 321 g/mol. The minimum absolute atomic E-state index is 0.0491. The second-order valence-corrected chi connectivity index (χ2v) is 6.11. The lowest BCUT2D eigenvalue weighted by molar-refractivity contribution is 0.117. The summed E-state index contributed by atoms with van der Waals surface area (Å²) < 4.78 is 7.92. The summed E-state index contributed by atoms with van der Waals surface area (Å²) in [5.74, 6) is 1.02. The van der Waals surface area contributed by atoms with Crippen molar-refractivity contribution in [2.75, 3.05) is 33.9 Å². The van der Waals surface area contributed by atoms with Gasteiger partial charge in [0.25, 0.3) is 0 Å². The first kappa shape index (κ1) is 17.0. The fourth-order valence-electron chi connectivity index (χ4n) is 2.46. The van der Waals surface area contributed by atoms with Crippen LogP contribution in [0.3, 0.4) is 0 Å². The maximum atomic E-state index is 6.37. The van der Waals surface area contributed by atoms with Crippen molar-refractivity contribution in [3.63, 3.8) is 0 Å². The highest BCUT2D eigenvalue weighted by Crippen LogP contribution is 2.29. The van der Waals surface area contributed by atoms with Crippen LogP contribution in [0.1, 0.15) is 23.7 Å². The molecule has 0 saturated heterocycles. The molecule has 120 valence electrons. The fourth-order valence-corrected chi connectivity index (χ4v) is 2.73. The number of imidazole rings is 1. The molecular weight excluding hydrogens is 298 g/mol. The predicted octanol–water partition coefficient (Wildman–Crippen LogP) is 3.17. The molecule has 0 spiro atoms. The molecule has 22 heavy (non-hydrogen) atoms. The molecule has 0 aliphatic heterocycles. The standard InChI is InChI=1S/C17H24ClN3O/c1-20(2)10-6-12-22-13-15(17-19-9-11-21(17)3)14-7-4-5-8-16(14)18/h4-5,7-9,11,15H,6,10,12-13H2,1-3H3. The van der Waals surface area contributed by atoms with Crippen LogP contribution in [0.4, 0.5) is 0 Å². The molecule has 0 bridgehead atoms. The van der Waals surface area contributed by atoms with E-state index >= 15 is 0 Å². The van der Waals surface area contributed by atoms with E-state index in [1.807, 2.05) is 48.3 Å². The molecule has 0 N–H and O–H groups in total. The second-order valence-electron chi connectivity index (χ2n) is 5.70. The Balaban J connectivity index is 2.07. The molecule has 2 aromatic rings. The Morgan fingerprint density at radius 2 is 2.09 bits per heavy atom. The van der Waals surface area contributed by atoms with Crippen molar-refractivity contribution >= 4 is 11.6 Å². The zero-order chi connectivity index (χ0) is 15.9. The van der Waals surface area contributed by atoms with Crippen LogP contribution in [0.5, 0.6) is 0 Å². The molecule has 4 nitrogen and oxygen atoms in total. The van der Waals surface area contributed by atoms with Crippen LogP contribution in [0.25, 0.3) is 0 Å². The largest absolute Gasteiger partial charge is 0.380 e. The number of benzene rings is 1. The lowest BCUT2D eigenvalue weighted by Gasteiger charge is -2.19. The minimum atomic E-state index is 0.0491. The van der Waals surface area contributed by atoms with Crippen LogP contribution in [0.2, 0.25) is 5.02 Å². The summed E-state index contributed by atoms with van der Waals surface area (Å²) in [7, 11) is 6.14. The van der Waals surface area contributed by atoms with Gasteiger partial charge in [-0.3, -0.25) is 0 Å². The molecule has 0 saturated carbocycles. The van der Waals surface area contributed by atoms with Crippen molar-refractivity contribution in [3.8, 4) is 0 Å². The van der Waals surface area contributed by atoms with Crippen LogP contribution < -0.4 is 0 Å².